The lowest BCUT2D eigenvalue weighted by atomic mass is 10.3. The lowest BCUT2D eigenvalue weighted by molar-refractivity contribution is -0.276. The van der Waals surface area contributed by atoms with E-state index in [1.54, 1.807) is 0 Å². The van der Waals surface area contributed by atoms with Gasteiger partial charge in [0.15, 0.2) is 0 Å². The summed E-state index contributed by atoms with van der Waals surface area (Å²) in [5.41, 5.74) is 0.126. The number of hydrogen-bond donors (Lipinski definition) is 1. The molecule has 0 amide bonds. The highest BCUT2D eigenvalue weighted by molar-refractivity contribution is 6.17. The number of ether oxygens (including phenoxy) is 1. The number of rotatable bonds is 2. The standard InChI is InChI=1S/C7H5ClF3NO2/c8-2-4-1-6(12-3-5(4)13)14-7(9,10)11/h1,3,13H,2H2. The van der Waals surface area contributed by atoms with Crippen molar-refractivity contribution >= 4 is 11.6 Å². The fraction of sp³-hybridized carbons (Fsp3) is 0.286. The Balaban J connectivity index is 2.90. The second-order valence-electron chi connectivity index (χ2n) is 2.33. The molecule has 1 N–H and O–H groups in total. The lowest BCUT2D eigenvalue weighted by Gasteiger charge is -2.08. The average molecular weight is 228 g/mol. The van der Waals surface area contributed by atoms with Crippen molar-refractivity contribution in [2.24, 2.45) is 0 Å². The van der Waals surface area contributed by atoms with E-state index in [0.29, 0.717) is 0 Å². The number of aromatic hydroxyl groups is 1. The van der Waals surface area contributed by atoms with Crippen LogP contribution in [0.4, 0.5) is 13.2 Å². The summed E-state index contributed by atoms with van der Waals surface area (Å²) in [6, 6.07) is 0.926. The number of aromatic nitrogens is 1. The molecule has 0 saturated heterocycles. The molecule has 1 aromatic rings. The van der Waals surface area contributed by atoms with E-state index in [2.05, 4.69) is 9.72 Å². The van der Waals surface area contributed by atoms with Gasteiger partial charge in [-0.3, -0.25) is 0 Å². The number of halogens is 4. The molecular weight excluding hydrogens is 223 g/mol. The zero-order valence-electron chi connectivity index (χ0n) is 6.68. The van der Waals surface area contributed by atoms with Gasteiger partial charge in [-0.25, -0.2) is 4.98 Å². The molecule has 0 fully saturated rings. The van der Waals surface area contributed by atoms with Gasteiger partial charge in [0.2, 0.25) is 5.88 Å². The fourth-order valence-corrected chi connectivity index (χ4v) is 0.963. The maximum absolute atomic E-state index is 11.7. The van der Waals surface area contributed by atoms with Crippen molar-refractivity contribution in [3.05, 3.63) is 17.8 Å². The van der Waals surface area contributed by atoms with Gasteiger partial charge in [-0.15, -0.1) is 24.8 Å². The molecule has 0 saturated carbocycles. The van der Waals surface area contributed by atoms with Crippen LogP contribution in [-0.2, 0) is 5.88 Å². The highest BCUT2D eigenvalue weighted by Crippen LogP contribution is 2.25. The van der Waals surface area contributed by atoms with E-state index in [1.807, 2.05) is 0 Å². The Labute approximate surface area is 82.1 Å². The summed E-state index contributed by atoms with van der Waals surface area (Å²) >= 11 is 5.35. The molecule has 0 spiro atoms. The van der Waals surface area contributed by atoms with Crippen molar-refractivity contribution in [3.63, 3.8) is 0 Å². The largest absolute Gasteiger partial charge is 0.574 e. The summed E-state index contributed by atoms with van der Waals surface area (Å²) in [6.07, 6.45) is -3.95. The first-order valence-electron chi connectivity index (χ1n) is 3.42. The maximum Gasteiger partial charge on any atom is 0.574 e. The molecule has 0 aliphatic carbocycles. The van der Waals surface area contributed by atoms with Gasteiger partial charge in [-0.1, -0.05) is 0 Å². The number of alkyl halides is 4. The first kappa shape index (κ1) is 10.9. The molecule has 3 nitrogen and oxygen atoms in total. The van der Waals surface area contributed by atoms with E-state index in [9.17, 15) is 13.2 Å². The molecule has 7 heteroatoms. The molecule has 1 aromatic heterocycles. The number of pyridine rings is 1. The van der Waals surface area contributed by atoms with Gasteiger partial charge in [0.25, 0.3) is 0 Å². The first-order chi connectivity index (χ1) is 6.42. The minimum absolute atomic E-state index is 0.122. The molecule has 1 rings (SSSR count). The van der Waals surface area contributed by atoms with Gasteiger partial charge >= 0.3 is 6.36 Å². The van der Waals surface area contributed by atoms with E-state index < -0.39 is 12.2 Å². The van der Waals surface area contributed by atoms with Crippen molar-refractivity contribution in [2.45, 2.75) is 12.2 Å². The van der Waals surface area contributed by atoms with E-state index in [-0.39, 0.29) is 17.2 Å². The average Bonchev–Trinajstić information content (AvgIpc) is 2.06. The summed E-state index contributed by atoms with van der Waals surface area (Å²) in [5, 5.41) is 9.05. The summed E-state index contributed by atoms with van der Waals surface area (Å²) in [5.74, 6) is -1.04. The van der Waals surface area contributed by atoms with E-state index in [0.717, 1.165) is 12.3 Å². The highest BCUT2D eigenvalue weighted by Gasteiger charge is 2.31. The molecule has 0 unspecified atom stereocenters. The van der Waals surface area contributed by atoms with E-state index >= 15 is 0 Å². The third-order valence-corrected chi connectivity index (χ3v) is 1.59. The molecule has 0 aliphatic rings. The number of nitrogens with zero attached hydrogens (tertiary/aromatic N) is 1. The van der Waals surface area contributed by atoms with Gasteiger partial charge in [0.05, 0.1) is 12.1 Å². The summed E-state index contributed by atoms with van der Waals surface area (Å²) in [6.45, 7) is 0. The molecule has 1 heterocycles. The fourth-order valence-electron chi connectivity index (χ4n) is 0.749. The van der Waals surface area contributed by atoms with Crippen molar-refractivity contribution in [3.8, 4) is 11.6 Å². The molecule has 78 valence electrons. The maximum atomic E-state index is 11.7. The molecule has 0 radical (unpaired) electrons. The summed E-state index contributed by atoms with van der Waals surface area (Å²) < 4.78 is 38.7. The van der Waals surface area contributed by atoms with Crippen LogP contribution in [0.25, 0.3) is 0 Å². The van der Waals surface area contributed by atoms with Gasteiger partial charge in [-0.2, -0.15) is 0 Å². The molecular formula is C7H5ClF3NO2. The SMILES string of the molecule is Oc1cnc(OC(F)(F)F)cc1CCl. The highest BCUT2D eigenvalue weighted by atomic mass is 35.5. The third kappa shape index (κ3) is 2.95. The molecule has 14 heavy (non-hydrogen) atoms. The van der Waals surface area contributed by atoms with Crippen LogP contribution in [0.3, 0.4) is 0 Å². The van der Waals surface area contributed by atoms with E-state index in [1.165, 1.54) is 0 Å². The minimum Gasteiger partial charge on any atom is -0.506 e. The normalized spacial score (nSPS) is 11.4. The number of hydrogen-bond acceptors (Lipinski definition) is 3. The molecule has 0 atom stereocenters. The Morgan fingerprint density at radius 1 is 1.50 bits per heavy atom. The first-order valence-corrected chi connectivity index (χ1v) is 3.95. The van der Waals surface area contributed by atoms with E-state index in [4.69, 9.17) is 16.7 Å². The van der Waals surface area contributed by atoms with Crippen LogP contribution in [0.1, 0.15) is 5.56 Å². The van der Waals surface area contributed by atoms with Crippen molar-refractivity contribution < 1.29 is 23.0 Å². The second-order valence-corrected chi connectivity index (χ2v) is 2.60. The summed E-state index contributed by atoms with van der Waals surface area (Å²) in [4.78, 5) is 3.22. The molecule has 0 bridgehead atoms. The second kappa shape index (κ2) is 3.91. The van der Waals surface area contributed by atoms with Crippen LogP contribution < -0.4 is 4.74 Å². The zero-order chi connectivity index (χ0) is 10.8. The molecule has 0 aliphatic heterocycles. The van der Waals surface area contributed by atoms with Crippen LogP contribution in [0.15, 0.2) is 12.3 Å². The van der Waals surface area contributed by atoms with Crippen LogP contribution in [0.5, 0.6) is 11.6 Å². The van der Waals surface area contributed by atoms with Crippen molar-refractivity contribution in [1.82, 2.24) is 4.98 Å². The third-order valence-electron chi connectivity index (χ3n) is 1.31. The van der Waals surface area contributed by atoms with Crippen LogP contribution in [0.2, 0.25) is 0 Å². The predicted octanol–water partition coefficient (Wildman–Crippen LogP) is 2.42. The predicted molar refractivity (Wildman–Crippen MR) is 42.1 cm³/mol. The molecule has 0 aromatic carbocycles. The van der Waals surface area contributed by atoms with Gasteiger partial charge in [0.1, 0.15) is 5.75 Å². The van der Waals surface area contributed by atoms with Crippen molar-refractivity contribution in [1.29, 1.82) is 0 Å². The van der Waals surface area contributed by atoms with Gasteiger partial charge in [0, 0.05) is 11.6 Å². The lowest BCUT2D eigenvalue weighted by Crippen LogP contribution is -2.17. The van der Waals surface area contributed by atoms with Gasteiger partial charge < -0.3 is 9.84 Å². The topological polar surface area (TPSA) is 42.4 Å². The Morgan fingerprint density at radius 2 is 2.14 bits per heavy atom. The van der Waals surface area contributed by atoms with Crippen molar-refractivity contribution in [2.75, 3.05) is 0 Å². The van der Waals surface area contributed by atoms with Gasteiger partial charge in [-0.05, 0) is 0 Å². The Hall–Kier alpha value is -1.17. The Morgan fingerprint density at radius 3 is 2.64 bits per heavy atom. The smallest absolute Gasteiger partial charge is 0.506 e. The van der Waals surface area contributed by atoms with Crippen LogP contribution >= 0.6 is 11.6 Å². The minimum atomic E-state index is -4.80. The quantitative estimate of drug-likeness (QED) is 0.789. The monoisotopic (exact) mass is 227 g/mol. The Bertz CT molecular complexity index is 329. The summed E-state index contributed by atoms with van der Waals surface area (Å²) in [7, 11) is 0. The Kier molecular flexibility index (Phi) is 3.05. The van der Waals surface area contributed by atoms with Crippen LogP contribution in [-0.4, -0.2) is 16.5 Å². The van der Waals surface area contributed by atoms with Crippen LogP contribution in [0, 0.1) is 0 Å². The zero-order valence-corrected chi connectivity index (χ0v) is 7.43.